The van der Waals surface area contributed by atoms with Crippen LogP contribution in [0.15, 0.2) is 30.6 Å². The van der Waals surface area contributed by atoms with E-state index in [0.717, 1.165) is 16.9 Å². The van der Waals surface area contributed by atoms with E-state index in [9.17, 15) is 18.3 Å². The third-order valence-electron chi connectivity index (χ3n) is 6.03. The lowest BCUT2D eigenvalue weighted by Crippen LogP contribution is -2.52. The molecule has 0 saturated carbocycles. The quantitative estimate of drug-likeness (QED) is 0.587. The highest BCUT2D eigenvalue weighted by Crippen LogP contribution is 2.52. The molecule has 2 N–H and O–H groups in total. The Morgan fingerprint density at radius 1 is 1.41 bits per heavy atom. The molecule has 1 saturated heterocycles. The summed E-state index contributed by atoms with van der Waals surface area (Å²) in [7, 11) is 0. The lowest BCUT2D eigenvalue weighted by Gasteiger charge is -2.45. The largest absolute Gasteiger partial charge is 0.390 e. The van der Waals surface area contributed by atoms with Crippen molar-refractivity contribution in [3.05, 3.63) is 62.4 Å². The van der Waals surface area contributed by atoms with Crippen LogP contribution in [0.2, 0.25) is 4.34 Å². The summed E-state index contributed by atoms with van der Waals surface area (Å²) in [4.78, 5) is 4.50. The zero-order valence-corrected chi connectivity index (χ0v) is 18.4. The molecule has 170 valence electrons. The van der Waals surface area contributed by atoms with E-state index in [1.54, 1.807) is 6.20 Å². The summed E-state index contributed by atoms with van der Waals surface area (Å²) >= 11 is 7.24. The van der Waals surface area contributed by atoms with Gasteiger partial charge in [0.05, 0.1) is 16.6 Å². The number of alkyl halides is 2. The van der Waals surface area contributed by atoms with E-state index in [4.69, 9.17) is 16.3 Å². The fourth-order valence-corrected chi connectivity index (χ4v) is 6.01. The molecule has 0 aliphatic carbocycles. The highest BCUT2D eigenvalue weighted by Gasteiger charge is 2.52. The molecule has 0 radical (unpaired) electrons. The molecule has 1 fully saturated rings. The number of pyridine rings is 1. The lowest BCUT2D eigenvalue weighted by atomic mass is 9.80. The van der Waals surface area contributed by atoms with Crippen molar-refractivity contribution in [1.29, 1.82) is 0 Å². The molecule has 11 heteroatoms. The minimum absolute atomic E-state index is 0.0391. The van der Waals surface area contributed by atoms with E-state index in [1.165, 1.54) is 29.1 Å². The second kappa shape index (κ2) is 8.11. The van der Waals surface area contributed by atoms with Gasteiger partial charge in [-0.1, -0.05) is 11.6 Å². The number of aromatic nitrogens is 3. The molecule has 5 rings (SSSR count). The van der Waals surface area contributed by atoms with Gasteiger partial charge in [0, 0.05) is 28.9 Å². The number of fused-ring (bicyclic) bond motifs is 2. The third-order valence-corrected chi connectivity index (χ3v) is 7.48. The van der Waals surface area contributed by atoms with Gasteiger partial charge in [-0.3, -0.25) is 0 Å². The van der Waals surface area contributed by atoms with Crippen molar-refractivity contribution in [3.8, 4) is 5.82 Å². The summed E-state index contributed by atoms with van der Waals surface area (Å²) in [6.07, 6.45) is 4.57. The zero-order valence-electron chi connectivity index (χ0n) is 16.8. The topological polar surface area (TPSA) is 72.2 Å². The molecule has 3 aromatic heterocycles. The van der Waals surface area contributed by atoms with Gasteiger partial charge in [-0.25, -0.2) is 14.1 Å². The van der Waals surface area contributed by atoms with Crippen LogP contribution >= 0.6 is 22.9 Å². The maximum absolute atomic E-state index is 14.4. The lowest BCUT2D eigenvalue weighted by molar-refractivity contribution is -0.178. The smallest absolute Gasteiger partial charge is 0.297 e. The van der Waals surface area contributed by atoms with Gasteiger partial charge in [0.15, 0.2) is 11.6 Å². The summed E-state index contributed by atoms with van der Waals surface area (Å²) in [6.45, 7) is -0.427. The molecule has 0 amide bonds. The first kappa shape index (κ1) is 21.8. The fraction of sp³-hybridized carbons (Fsp3) is 0.429. The van der Waals surface area contributed by atoms with Crippen LogP contribution in [0, 0.1) is 5.82 Å². The molecule has 0 aromatic carbocycles. The van der Waals surface area contributed by atoms with E-state index >= 15 is 0 Å². The Morgan fingerprint density at radius 2 is 2.25 bits per heavy atom. The molecule has 3 aromatic rings. The fourth-order valence-electron chi connectivity index (χ4n) is 4.54. The van der Waals surface area contributed by atoms with Crippen molar-refractivity contribution in [3.63, 3.8) is 0 Å². The van der Waals surface area contributed by atoms with Crippen molar-refractivity contribution >= 4 is 22.9 Å². The molecule has 32 heavy (non-hydrogen) atoms. The number of ether oxygens (including phenoxy) is 1. The van der Waals surface area contributed by atoms with Crippen molar-refractivity contribution in [2.75, 3.05) is 13.2 Å². The van der Waals surface area contributed by atoms with E-state index < -0.39 is 23.9 Å². The van der Waals surface area contributed by atoms with Crippen LogP contribution in [-0.2, 0) is 29.3 Å². The molecule has 2 aliphatic heterocycles. The Labute approximate surface area is 191 Å². The highest BCUT2D eigenvalue weighted by atomic mass is 35.5. The first-order chi connectivity index (χ1) is 15.3. The maximum Gasteiger partial charge on any atom is 0.297 e. The standard InChI is InChI=1S/C21H20ClF3N4O2S/c22-17-7-14-18(32-17)20(31-11-21(14,24)25)3-5-26-13(8-20)6-12-9-29(28-16(12)10-30)19-15(23)2-1-4-27-19/h1-2,4,7,9,13,26,30H,3,5-6,8,10-11H2. The van der Waals surface area contributed by atoms with Crippen molar-refractivity contribution in [2.24, 2.45) is 0 Å². The number of hydrogen-bond acceptors (Lipinski definition) is 6. The number of rotatable bonds is 4. The first-order valence-corrected chi connectivity index (χ1v) is 11.4. The number of aliphatic hydroxyl groups is 1. The minimum atomic E-state index is -3.07. The van der Waals surface area contributed by atoms with Crippen LogP contribution in [-0.4, -0.2) is 39.1 Å². The highest BCUT2D eigenvalue weighted by molar-refractivity contribution is 7.16. The van der Waals surface area contributed by atoms with Gasteiger partial charge in [-0.15, -0.1) is 11.3 Å². The molecule has 2 atom stereocenters. The van der Waals surface area contributed by atoms with Crippen LogP contribution in [0.4, 0.5) is 13.2 Å². The molecule has 2 aliphatic rings. The Morgan fingerprint density at radius 3 is 3.03 bits per heavy atom. The summed E-state index contributed by atoms with van der Waals surface area (Å²) in [5.41, 5.74) is 0.242. The average molecular weight is 485 g/mol. The summed E-state index contributed by atoms with van der Waals surface area (Å²) in [6, 6.07) is 3.99. The van der Waals surface area contributed by atoms with Crippen molar-refractivity contribution < 1.29 is 23.0 Å². The van der Waals surface area contributed by atoms with E-state index in [1.807, 2.05) is 0 Å². The SMILES string of the molecule is OCc1nn(-c2ncccc2F)cc1CC1CC2(CCN1)OCC(F)(F)c1cc(Cl)sc12. The minimum Gasteiger partial charge on any atom is -0.390 e. The summed E-state index contributed by atoms with van der Waals surface area (Å²) < 4.78 is 50.4. The monoisotopic (exact) mass is 484 g/mol. The number of halogens is 4. The number of aliphatic hydroxyl groups excluding tert-OH is 1. The predicted octanol–water partition coefficient (Wildman–Crippen LogP) is 3.93. The Hall–Kier alpha value is -1.98. The van der Waals surface area contributed by atoms with Crippen LogP contribution in [0.1, 0.15) is 34.5 Å². The number of nitrogens with zero attached hydrogens (tertiary/aromatic N) is 3. The van der Waals surface area contributed by atoms with Crippen LogP contribution < -0.4 is 5.32 Å². The van der Waals surface area contributed by atoms with Gasteiger partial charge >= 0.3 is 0 Å². The van der Waals surface area contributed by atoms with Gasteiger partial charge in [-0.05, 0) is 49.6 Å². The molecular weight excluding hydrogens is 465 g/mol. The van der Waals surface area contributed by atoms with Crippen LogP contribution in [0.5, 0.6) is 0 Å². The van der Waals surface area contributed by atoms with Gasteiger partial charge < -0.3 is 15.2 Å². The van der Waals surface area contributed by atoms with Crippen LogP contribution in [0.3, 0.4) is 0 Å². The number of hydrogen-bond donors (Lipinski definition) is 2. The third kappa shape index (κ3) is 3.73. The number of thiophene rings is 1. The zero-order chi connectivity index (χ0) is 22.5. The molecule has 0 bridgehead atoms. The Bertz CT molecular complexity index is 1150. The molecule has 1 spiro atoms. The van der Waals surface area contributed by atoms with E-state index in [2.05, 4.69) is 15.4 Å². The molecule has 2 unspecified atom stereocenters. The first-order valence-electron chi connectivity index (χ1n) is 10.2. The predicted molar refractivity (Wildman–Crippen MR) is 113 cm³/mol. The normalized spacial score (nSPS) is 24.6. The van der Waals surface area contributed by atoms with Crippen LogP contribution in [0.25, 0.3) is 5.82 Å². The van der Waals surface area contributed by atoms with E-state index in [-0.39, 0.29) is 24.0 Å². The molecule has 6 nitrogen and oxygen atoms in total. The van der Waals surface area contributed by atoms with Gasteiger partial charge in [0.25, 0.3) is 5.92 Å². The second-order valence-electron chi connectivity index (χ2n) is 8.10. The van der Waals surface area contributed by atoms with E-state index in [0.29, 0.717) is 40.7 Å². The van der Waals surface area contributed by atoms with Gasteiger partial charge in [0.2, 0.25) is 0 Å². The maximum atomic E-state index is 14.4. The molecular formula is C21H20ClF3N4O2S. The van der Waals surface area contributed by atoms with Gasteiger partial charge in [0.1, 0.15) is 12.2 Å². The molecule has 5 heterocycles. The Balaban J connectivity index is 1.43. The van der Waals surface area contributed by atoms with Crippen molar-refractivity contribution in [2.45, 2.75) is 43.4 Å². The Kier molecular flexibility index (Phi) is 5.53. The van der Waals surface area contributed by atoms with Gasteiger partial charge in [-0.2, -0.15) is 13.9 Å². The number of nitrogens with one attached hydrogen (secondary N) is 1. The number of piperidine rings is 1. The van der Waals surface area contributed by atoms with Crippen molar-refractivity contribution in [1.82, 2.24) is 20.1 Å². The average Bonchev–Trinajstić information content (AvgIpc) is 3.37. The second-order valence-corrected chi connectivity index (χ2v) is 9.79. The summed E-state index contributed by atoms with van der Waals surface area (Å²) in [5.74, 6) is -3.56. The summed E-state index contributed by atoms with van der Waals surface area (Å²) in [5, 5.41) is 17.5.